The van der Waals surface area contributed by atoms with Crippen LogP contribution in [-0.2, 0) is 10.5 Å². The van der Waals surface area contributed by atoms with E-state index in [0.717, 1.165) is 22.2 Å². The summed E-state index contributed by atoms with van der Waals surface area (Å²) in [7, 11) is 0. The first-order valence-corrected chi connectivity index (χ1v) is 8.98. The Kier molecular flexibility index (Phi) is 5.34. The van der Waals surface area contributed by atoms with E-state index in [-0.39, 0.29) is 5.91 Å². The molecule has 0 unspecified atom stereocenters. The summed E-state index contributed by atoms with van der Waals surface area (Å²) in [5, 5.41) is 21.2. The number of nitrogens with one attached hydrogen (secondary N) is 1. The molecule has 1 N–H and O–H groups in total. The number of aromatic nitrogens is 3. The molecule has 1 heterocycles. The van der Waals surface area contributed by atoms with Crippen LogP contribution in [0.25, 0.3) is 5.69 Å². The third-order valence-electron chi connectivity index (χ3n) is 3.71. The van der Waals surface area contributed by atoms with Crippen LogP contribution in [0.4, 0.5) is 5.69 Å². The number of nitrogens with zero attached hydrogens (tertiary/aromatic N) is 4. The van der Waals surface area contributed by atoms with E-state index < -0.39 is 0 Å². The monoisotopic (exact) mass is 363 g/mol. The van der Waals surface area contributed by atoms with E-state index in [0.29, 0.717) is 17.0 Å². The number of anilines is 1. The van der Waals surface area contributed by atoms with Crippen molar-refractivity contribution in [1.29, 1.82) is 5.26 Å². The fourth-order valence-electron chi connectivity index (χ4n) is 2.56. The number of carbonyl (C=O) groups excluding carboxylic acids is 1. The van der Waals surface area contributed by atoms with Gasteiger partial charge in [0, 0.05) is 18.4 Å². The van der Waals surface area contributed by atoms with Crippen LogP contribution in [0.1, 0.15) is 23.9 Å². The summed E-state index contributed by atoms with van der Waals surface area (Å²) < 4.78 is 1.94. The average molecular weight is 363 g/mol. The molecule has 0 aliphatic heterocycles. The fourth-order valence-corrected chi connectivity index (χ4v) is 3.56. The van der Waals surface area contributed by atoms with Crippen molar-refractivity contribution in [3.63, 3.8) is 0 Å². The highest BCUT2D eigenvalue weighted by Crippen LogP contribution is 2.27. The number of carbonyl (C=O) groups is 1. The van der Waals surface area contributed by atoms with Gasteiger partial charge in [0.05, 0.1) is 17.3 Å². The SMILES string of the molecule is CC(=O)Nc1cccc(-n2c(C)nnc2SCc2ccccc2C#N)c1. The first kappa shape index (κ1) is 17.7. The maximum absolute atomic E-state index is 11.3. The Bertz CT molecular complexity index is 990. The topological polar surface area (TPSA) is 83.6 Å². The van der Waals surface area contributed by atoms with Crippen molar-refractivity contribution in [2.75, 3.05) is 5.32 Å². The third-order valence-corrected chi connectivity index (χ3v) is 4.69. The lowest BCUT2D eigenvalue weighted by Crippen LogP contribution is -2.07. The van der Waals surface area contributed by atoms with Gasteiger partial charge in [-0.05, 0) is 36.8 Å². The molecule has 0 spiro atoms. The predicted octanol–water partition coefficient (Wildman–Crippen LogP) is 3.70. The quantitative estimate of drug-likeness (QED) is 0.699. The van der Waals surface area contributed by atoms with Gasteiger partial charge in [0.25, 0.3) is 0 Å². The molecule has 0 fully saturated rings. The van der Waals surface area contributed by atoms with Gasteiger partial charge in [-0.25, -0.2) is 0 Å². The van der Waals surface area contributed by atoms with Crippen LogP contribution in [0.15, 0.2) is 53.7 Å². The van der Waals surface area contributed by atoms with Gasteiger partial charge in [-0.2, -0.15) is 5.26 Å². The maximum atomic E-state index is 11.3. The first-order valence-electron chi connectivity index (χ1n) is 7.99. The lowest BCUT2D eigenvalue weighted by Gasteiger charge is -2.11. The molecule has 0 radical (unpaired) electrons. The summed E-state index contributed by atoms with van der Waals surface area (Å²) in [6.45, 7) is 3.36. The van der Waals surface area contributed by atoms with E-state index in [9.17, 15) is 10.1 Å². The van der Waals surface area contributed by atoms with E-state index in [4.69, 9.17) is 0 Å². The highest BCUT2D eigenvalue weighted by atomic mass is 32.2. The normalized spacial score (nSPS) is 10.3. The first-order chi connectivity index (χ1) is 12.6. The molecule has 1 amide bonds. The zero-order chi connectivity index (χ0) is 18.5. The van der Waals surface area contributed by atoms with Gasteiger partial charge in [-0.3, -0.25) is 9.36 Å². The zero-order valence-electron chi connectivity index (χ0n) is 14.4. The van der Waals surface area contributed by atoms with Crippen LogP contribution < -0.4 is 5.32 Å². The Morgan fingerprint density at radius 1 is 1.23 bits per heavy atom. The summed E-state index contributed by atoms with van der Waals surface area (Å²) >= 11 is 1.52. The molecule has 0 bridgehead atoms. The maximum Gasteiger partial charge on any atom is 0.221 e. The van der Waals surface area contributed by atoms with Crippen LogP contribution in [0, 0.1) is 18.3 Å². The minimum Gasteiger partial charge on any atom is -0.326 e. The molecular formula is C19H17N5OS. The molecule has 0 saturated carbocycles. The van der Waals surface area contributed by atoms with E-state index in [1.807, 2.05) is 60.0 Å². The van der Waals surface area contributed by atoms with Crippen molar-refractivity contribution < 1.29 is 4.79 Å². The van der Waals surface area contributed by atoms with Crippen LogP contribution in [0.5, 0.6) is 0 Å². The number of nitriles is 1. The molecule has 1 aromatic heterocycles. The summed E-state index contributed by atoms with van der Waals surface area (Å²) in [4.78, 5) is 11.3. The molecule has 7 heteroatoms. The largest absolute Gasteiger partial charge is 0.326 e. The Balaban J connectivity index is 1.88. The second-order valence-electron chi connectivity index (χ2n) is 5.65. The third kappa shape index (κ3) is 3.92. The molecule has 3 aromatic rings. The molecular weight excluding hydrogens is 346 g/mol. The van der Waals surface area contributed by atoms with Gasteiger partial charge in [-0.15, -0.1) is 10.2 Å². The Labute approximate surface area is 155 Å². The van der Waals surface area contributed by atoms with Gasteiger partial charge < -0.3 is 5.32 Å². The molecule has 3 rings (SSSR count). The summed E-state index contributed by atoms with van der Waals surface area (Å²) in [6.07, 6.45) is 0. The minimum atomic E-state index is -0.120. The zero-order valence-corrected chi connectivity index (χ0v) is 15.2. The smallest absolute Gasteiger partial charge is 0.221 e. The standard InChI is InChI=1S/C19H17N5OS/c1-13-22-23-19(26-12-16-7-4-3-6-15(16)11-20)24(13)18-9-5-8-17(10-18)21-14(2)25/h3-10H,12H2,1-2H3,(H,21,25). The average Bonchev–Trinajstić information content (AvgIpc) is 3.00. The van der Waals surface area contributed by atoms with E-state index >= 15 is 0 Å². The molecule has 0 atom stereocenters. The van der Waals surface area contributed by atoms with Crippen LogP contribution >= 0.6 is 11.8 Å². The molecule has 0 saturated heterocycles. The number of rotatable bonds is 5. The number of amides is 1. The van der Waals surface area contributed by atoms with Crippen molar-refractivity contribution in [2.24, 2.45) is 0 Å². The Morgan fingerprint density at radius 2 is 2.04 bits per heavy atom. The van der Waals surface area contributed by atoms with Crippen LogP contribution in [-0.4, -0.2) is 20.7 Å². The van der Waals surface area contributed by atoms with Crippen molar-refractivity contribution in [3.05, 3.63) is 65.5 Å². The Hall–Kier alpha value is -3.11. The van der Waals surface area contributed by atoms with Gasteiger partial charge in [0.15, 0.2) is 5.16 Å². The highest BCUT2D eigenvalue weighted by Gasteiger charge is 2.13. The van der Waals surface area contributed by atoms with Crippen molar-refractivity contribution in [2.45, 2.75) is 24.8 Å². The predicted molar refractivity (Wildman–Crippen MR) is 101 cm³/mol. The summed E-state index contributed by atoms with van der Waals surface area (Å²) in [5.74, 6) is 1.25. The summed E-state index contributed by atoms with van der Waals surface area (Å²) in [6, 6.07) is 17.3. The lowest BCUT2D eigenvalue weighted by atomic mass is 10.1. The number of thioether (sulfide) groups is 1. The molecule has 0 aliphatic carbocycles. The van der Waals surface area contributed by atoms with Crippen LogP contribution in [0.3, 0.4) is 0 Å². The van der Waals surface area contributed by atoms with Crippen molar-refractivity contribution >= 4 is 23.4 Å². The second kappa shape index (κ2) is 7.85. The van der Waals surface area contributed by atoms with Crippen LogP contribution in [0.2, 0.25) is 0 Å². The summed E-state index contributed by atoms with van der Waals surface area (Å²) in [5.41, 5.74) is 3.21. The van der Waals surface area contributed by atoms with Gasteiger partial charge in [0.2, 0.25) is 5.91 Å². The van der Waals surface area contributed by atoms with E-state index in [1.54, 1.807) is 0 Å². The lowest BCUT2D eigenvalue weighted by molar-refractivity contribution is -0.114. The number of hydrogen-bond donors (Lipinski definition) is 1. The van der Waals surface area contributed by atoms with Crippen molar-refractivity contribution in [3.8, 4) is 11.8 Å². The number of aryl methyl sites for hydroxylation is 1. The second-order valence-corrected chi connectivity index (χ2v) is 6.60. The van der Waals surface area contributed by atoms with E-state index in [2.05, 4.69) is 21.6 Å². The molecule has 26 heavy (non-hydrogen) atoms. The molecule has 0 aliphatic rings. The molecule has 130 valence electrons. The van der Waals surface area contributed by atoms with Gasteiger partial charge in [-0.1, -0.05) is 36.0 Å². The number of hydrogen-bond acceptors (Lipinski definition) is 5. The Morgan fingerprint density at radius 3 is 2.81 bits per heavy atom. The van der Waals surface area contributed by atoms with Gasteiger partial charge >= 0.3 is 0 Å². The van der Waals surface area contributed by atoms with Gasteiger partial charge in [0.1, 0.15) is 5.82 Å². The minimum absolute atomic E-state index is 0.120. The highest BCUT2D eigenvalue weighted by molar-refractivity contribution is 7.98. The van der Waals surface area contributed by atoms with E-state index in [1.165, 1.54) is 18.7 Å². The van der Waals surface area contributed by atoms with Crippen molar-refractivity contribution in [1.82, 2.24) is 14.8 Å². The molecule has 2 aromatic carbocycles. The number of benzene rings is 2. The molecule has 6 nitrogen and oxygen atoms in total. The fraction of sp³-hybridized carbons (Fsp3) is 0.158.